The fraction of sp³-hybridized carbons (Fsp3) is 0.849. The lowest BCUT2D eigenvalue weighted by Gasteiger charge is -2.22. The minimum absolute atomic E-state index is 0.0240. The molecule has 0 fully saturated rings. The van der Waals surface area contributed by atoms with Crippen molar-refractivity contribution in [2.45, 2.75) is 392 Å². The minimum atomic E-state index is -0.661. The van der Waals surface area contributed by atoms with Crippen molar-refractivity contribution >= 4 is 5.91 Å². The summed E-state index contributed by atoms with van der Waals surface area (Å²) in [5, 5.41) is 23.5. The molecule has 2 atom stereocenters. The highest BCUT2D eigenvalue weighted by atomic mass is 16.3. The van der Waals surface area contributed by atoms with E-state index >= 15 is 0 Å². The van der Waals surface area contributed by atoms with E-state index in [1.54, 1.807) is 0 Å². The van der Waals surface area contributed by atoms with E-state index in [4.69, 9.17) is 0 Å². The first-order chi connectivity index (χ1) is 38.2. The van der Waals surface area contributed by atoms with Crippen LogP contribution < -0.4 is 5.32 Å². The predicted octanol–water partition coefficient (Wildman–Crippen LogP) is 23.9. The van der Waals surface area contributed by atoms with Crippen molar-refractivity contribution in [1.29, 1.82) is 0 Å². The van der Waals surface area contributed by atoms with Crippen molar-refractivity contribution in [2.24, 2.45) is 0 Å². The second-order valence-corrected chi connectivity index (χ2v) is 23.9. The van der Waals surface area contributed by atoms with E-state index in [9.17, 15) is 15.0 Å². The molecule has 0 aromatic rings. The summed E-state index contributed by atoms with van der Waals surface area (Å²) in [5.74, 6) is -0.0240. The number of rotatable bonds is 65. The van der Waals surface area contributed by atoms with Crippen molar-refractivity contribution in [2.75, 3.05) is 6.61 Å². The number of unbranched alkanes of at least 4 members (excludes halogenated alkanes) is 48. The first kappa shape index (κ1) is 75.1. The smallest absolute Gasteiger partial charge is 0.220 e. The number of nitrogens with one attached hydrogen (secondary N) is 1. The van der Waals surface area contributed by atoms with E-state index in [0.717, 1.165) is 57.8 Å². The molecule has 0 radical (unpaired) electrons. The van der Waals surface area contributed by atoms with E-state index in [0.29, 0.717) is 12.8 Å². The van der Waals surface area contributed by atoms with Crippen molar-refractivity contribution in [1.82, 2.24) is 5.32 Å². The summed E-state index contributed by atoms with van der Waals surface area (Å²) in [6.07, 6.45) is 97.1. The molecule has 452 valence electrons. The van der Waals surface area contributed by atoms with Gasteiger partial charge in [0.15, 0.2) is 0 Å². The Morgan fingerprint density at radius 3 is 0.857 bits per heavy atom. The van der Waals surface area contributed by atoms with Gasteiger partial charge in [0.05, 0.1) is 18.8 Å². The van der Waals surface area contributed by atoms with Crippen LogP contribution in [0.1, 0.15) is 380 Å². The van der Waals surface area contributed by atoms with Crippen LogP contribution in [0.5, 0.6) is 0 Å². The monoisotopic (exact) mass is 1080 g/mol. The van der Waals surface area contributed by atoms with Crippen LogP contribution in [0.4, 0.5) is 0 Å². The molecule has 0 saturated carbocycles. The van der Waals surface area contributed by atoms with Crippen LogP contribution in [0.2, 0.25) is 0 Å². The van der Waals surface area contributed by atoms with Gasteiger partial charge in [0.2, 0.25) is 5.91 Å². The Labute approximate surface area is 483 Å². The molecule has 3 N–H and O–H groups in total. The Kier molecular flexibility index (Phi) is 66.7. The number of amides is 1. The van der Waals surface area contributed by atoms with Gasteiger partial charge in [0, 0.05) is 6.42 Å². The standard InChI is InChI=1S/C73H137NO3/c1-3-5-7-9-11-13-15-17-19-21-23-25-27-29-31-33-34-35-36-37-38-39-40-41-43-45-47-49-51-53-55-57-59-61-63-65-67-69-73(77)74-71(70-75)72(76)68-66-64-62-60-58-56-54-52-50-48-46-44-42-32-30-28-26-24-22-20-18-16-14-12-10-8-6-4-2/h5,7,11,13,17,19,23,25,29,31,71-72,75-76H,3-4,6,8-10,12,14-16,18,20-22,24,26-28,30,32-70H2,1-2H3,(H,74,77)/b7-5-,13-11-,19-17-,25-23-,31-29-. The van der Waals surface area contributed by atoms with Crippen LogP contribution in [-0.2, 0) is 4.79 Å². The van der Waals surface area contributed by atoms with Crippen LogP contribution in [0.15, 0.2) is 60.8 Å². The molecule has 0 aliphatic rings. The average Bonchev–Trinajstić information content (AvgIpc) is 3.43. The molecule has 0 saturated heterocycles. The zero-order valence-corrected chi connectivity index (χ0v) is 52.2. The molecular weight excluding hydrogens is 939 g/mol. The molecule has 0 aromatic heterocycles. The lowest BCUT2D eigenvalue weighted by Crippen LogP contribution is -2.45. The van der Waals surface area contributed by atoms with Crippen LogP contribution in [0.25, 0.3) is 0 Å². The van der Waals surface area contributed by atoms with Gasteiger partial charge in [-0.1, -0.05) is 376 Å². The van der Waals surface area contributed by atoms with Gasteiger partial charge in [-0.25, -0.2) is 0 Å². The summed E-state index contributed by atoms with van der Waals surface area (Å²) in [7, 11) is 0. The maximum atomic E-state index is 12.6. The van der Waals surface area contributed by atoms with Gasteiger partial charge < -0.3 is 15.5 Å². The van der Waals surface area contributed by atoms with Gasteiger partial charge in [-0.3, -0.25) is 4.79 Å². The number of allylic oxidation sites excluding steroid dienone is 10. The highest BCUT2D eigenvalue weighted by molar-refractivity contribution is 5.76. The highest BCUT2D eigenvalue weighted by Crippen LogP contribution is 2.19. The highest BCUT2D eigenvalue weighted by Gasteiger charge is 2.20. The zero-order chi connectivity index (χ0) is 55.5. The number of aliphatic hydroxyl groups excluding tert-OH is 2. The van der Waals surface area contributed by atoms with Crippen LogP contribution >= 0.6 is 0 Å². The van der Waals surface area contributed by atoms with E-state index in [1.165, 1.54) is 295 Å². The minimum Gasteiger partial charge on any atom is -0.394 e. The largest absolute Gasteiger partial charge is 0.394 e. The Balaban J connectivity index is 3.40. The van der Waals surface area contributed by atoms with Crippen LogP contribution in [-0.4, -0.2) is 34.9 Å². The third-order valence-electron chi connectivity index (χ3n) is 16.3. The van der Waals surface area contributed by atoms with E-state index in [1.807, 2.05) is 0 Å². The first-order valence-electron chi connectivity index (χ1n) is 35.0. The number of carbonyl (C=O) groups excluding carboxylic acids is 1. The molecule has 0 aliphatic carbocycles. The quantitative estimate of drug-likeness (QED) is 0.0420. The SMILES string of the molecule is CC/C=C\C/C=C\C/C=C\C/C=C\C/C=C\CCCCCCCCCCCCCCCCCCCCCCCC(=O)NC(CO)C(O)CCCCCCCCCCCCCCCCCCCCCCCCCCCCCC. The first-order valence-corrected chi connectivity index (χ1v) is 35.0. The molecule has 4 heteroatoms. The molecule has 0 spiro atoms. The zero-order valence-electron chi connectivity index (χ0n) is 52.2. The molecular formula is C73H137NO3. The Hall–Kier alpha value is -1.91. The summed E-state index contributed by atoms with van der Waals surface area (Å²) in [6, 6.07) is -0.538. The van der Waals surface area contributed by atoms with E-state index in [2.05, 4.69) is 79.9 Å². The molecule has 2 unspecified atom stereocenters. The second kappa shape index (κ2) is 68.4. The number of hydrogen-bond donors (Lipinski definition) is 3. The van der Waals surface area contributed by atoms with Gasteiger partial charge >= 0.3 is 0 Å². The number of hydrogen-bond acceptors (Lipinski definition) is 3. The van der Waals surface area contributed by atoms with Gasteiger partial charge in [0.25, 0.3) is 0 Å². The fourth-order valence-electron chi connectivity index (χ4n) is 11.0. The van der Waals surface area contributed by atoms with Gasteiger partial charge in [-0.05, 0) is 57.8 Å². The molecule has 0 bridgehead atoms. The van der Waals surface area contributed by atoms with Crippen molar-refractivity contribution < 1.29 is 15.0 Å². The van der Waals surface area contributed by atoms with Crippen LogP contribution in [0.3, 0.4) is 0 Å². The maximum Gasteiger partial charge on any atom is 0.220 e. The van der Waals surface area contributed by atoms with Gasteiger partial charge in [0.1, 0.15) is 0 Å². The van der Waals surface area contributed by atoms with Gasteiger partial charge in [-0.15, -0.1) is 0 Å². The molecule has 77 heavy (non-hydrogen) atoms. The van der Waals surface area contributed by atoms with Crippen LogP contribution in [0, 0.1) is 0 Å². The third kappa shape index (κ3) is 64.8. The average molecular weight is 1080 g/mol. The lowest BCUT2D eigenvalue weighted by molar-refractivity contribution is -0.123. The van der Waals surface area contributed by atoms with Crippen molar-refractivity contribution in [3.8, 4) is 0 Å². The van der Waals surface area contributed by atoms with Crippen molar-refractivity contribution in [3.63, 3.8) is 0 Å². The third-order valence-corrected chi connectivity index (χ3v) is 16.3. The van der Waals surface area contributed by atoms with Crippen molar-refractivity contribution in [3.05, 3.63) is 60.8 Å². The topological polar surface area (TPSA) is 69.6 Å². The molecule has 0 aromatic carbocycles. The Morgan fingerprint density at radius 1 is 0.325 bits per heavy atom. The number of carbonyl (C=O) groups is 1. The molecule has 0 heterocycles. The van der Waals surface area contributed by atoms with E-state index in [-0.39, 0.29) is 12.5 Å². The Bertz CT molecular complexity index is 1270. The van der Waals surface area contributed by atoms with E-state index < -0.39 is 12.1 Å². The summed E-state index contributed by atoms with van der Waals surface area (Å²) in [6.45, 7) is 4.29. The second-order valence-electron chi connectivity index (χ2n) is 23.9. The predicted molar refractivity (Wildman–Crippen MR) is 345 cm³/mol. The molecule has 1 amide bonds. The normalized spacial score (nSPS) is 13.0. The fourth-order valence-corrected chi connectivity index (χ4v) is 11.0. The summed E-state index contributed by atoms with van der Waals surface area (Å²) < 4.78 is 0. The Morgan fingerprint density at radius 2 is 0.571 bits per heavy atom. The summed E-state index contributed by atoms with van der Waals surface area (Å²) >= 11 is 0. The molecule has 4 nitrogen and oxygen atoms in total. The molecule has 0 rings (SSSR count). The molecule has 0 aliphatic heterocycles. The lowest BCUT2D eigenvalue weighted by atomic mass is 10.0. The summed E-state index contributed by atoms with van der Waals surface area (Å²) in [5.41, 5.74) is 0. The maximum absolute atomic E-state index is 12.6. The van der Waals surface area contributed by atoms with Gasteiger partial charge in [-0.2, -0.15) is 0 Å². The summed E-state index contributed by atoms with van der Waals surface area (Å²) in [4.78, 5) is 12.6. The number of aliphatic hydroxyl groups is 2.